The molecule has 1 saturated heterocycles. The second-order valence-electron chi connectivity index (χ2n) is 7.75. The average Bonchev–Trinajstić information content (AvgIpc) is 3.29. The van der Waals surface area contributed by atoms with Crippen LogP contribution in [0.5, 0.6) is 0 Å². The minimum atomic E-state index is -0.408. The molecule has 160 valence electrons. The fourth-order valence-electron chi connectivity index (χ4n) is 3.90. The molecule has 31 heavy (non-hydrogen) atoms. The number of rotatable bonds is 6. The monoisotopic (exact) mass is 438 g/mol. The summed E-state index contributed by atoms with van der Waals surface area (Å²) in [7, 11) is 0. The summed E-state index contributed by atoms with van der Waals surface area (Å²) in [5, 5.41) is 7.25. The van der Waals surface area contributed by atoms with Crippen LogP contribution >= 0.6 is 11.6 Å². The first kappa shape index (κ1) is 20.9. The molecule has 3 aromatic rings. The average molecular weight is 439 g/mol. The summed E-state index contributed by atoms with van der Waals surface area (Å²) in [5.74, 6) is -0.813. The maximum Gasteiger partial charge on any atom is 0.229 e. The lowest BCUT2D eigenvalue weighted by Crippen LogP contribution is -2.30. The van der Waals surface area contributed by atoms with Crippen molar-refractivity contribution < 1.29 is 14.4 Å². The number of fused-ring (bicyclic) bond motifs is 1. The number of aromatic nitrogens is 1. The van der Waals surface area contributed by atoms with E-state index in [1.54, 1.807) is 29.2 Å². The minimum Gasteiger partial charge on any atom is -0.361 e. The number of carbonyl (C=O) groups is 3. The second-order valence-corrected chi connectivity index (χ2v) is 8.18. The van der Waals surface area contributed by atoms with Crippen molar-refractivity contribution in [2.75, 3.05) is 23.7 Å². The van der Waals surface area contributed by atoms with Gasteiger partial charge in [-0.3, -0.25) is 14.4 Å². The Balaban J connectivity index is 1.36. The highest BCUT2D eigenvalue weighted by molar-refractivity contribution is 6.31. The van der Waals surface area contributed by atoms with Crippen LogP contribution in [0.3, 0.4) is 0 Å². The standard InChI is InChI=1S/C23H23ClN4O3/c1-14(29)26-18-3-2-4-19(11-18)27-23(31)16-9-22(30)28(13-16)8-7-15-12-25-21-6-5-17(24)10-20(15)21/h2-6,10-12,16,25H,7-9,13H2,1H3,(H,26,29)(H,27,31)/t16-/m0/s1. The fourth-order valence-corrected chi connectivity index (χ4v) is 4.07. The van der Waals surface area contributed by atoms with Crippen LogP contribution in [-0.2, 0) is 20.8 Å². The molecule has 0 spiro atoms. The van der Waals surface area contributed by atoms with Crippen molar-refractivity contribution in [3.63, 3.8) is 0 Å². The number of likely N-dealkylation sites (tertiary alicyclic amines) is 1. The van der Waals surface area contributed by atoms with E-state index in [2.05, 4.69) is 15.6 Å². The van der Waals surface area contributed by atoms with Gasteiger partial charge in [0.2, 0.25) is 17.7 Å². The molecular formula is C23H23ClN4O3. The molecule has 0 saturated carbocycles. The Bertz CT molecular complexity index is 1160. The third-order valence-corrected chi connectivity index (χ3v) is 5.65. The number of H-pyrrole nitrogens is 1. The van der Waals surface area contributed by atoms with Gasteiger partial charge in [-0.25, -0.2) is 0 Å². The van der Waals surface area contributed by atoms with Gasteiger partial charge in [0.25, 0.3) is 0 Å². The molecular weight excluding hydrogens is 416 g/mol. The Morgan fingerprint density at radius 1 is 1.16 bits per heavy atom. The first-order valence-electron chi connectivity index (χ1n) is 10.1. The summed E-state index contributed by atoms with van der Waals surface area (Å²) >= 11 is 6.11. The van der Waals surface area contributed by atoms with E-state index in [0.29, 0.717) is 35.9 Å². The predicted octanol–water partition coefficient (Wildman–Crippen LogP) is 3.81. The highest BCUT2D eigenvalue weighted by atomic mass is 35.5. The van der Waals surface area contributed by atoms with Crippen molar-refractivity contribution in [1.29, 1.82) is 0 Å². The zero-order valence-corrected chi connectivity index (χ0v) is 17.8. The first-order valence-corrected chi connectivity index (χ1v) is 10.5. The van der Waals surface area contributed by atoms with E-state index in [1.807, 2.05) is 24.4 Å². The summed E-state index contributed by atoms with van der Waals surface area (Å²) in [6.45, 7) is 2.36. The van der Waals surface area contributed by atoms with E-state index in [4.69, 9.17) is 11.6 Å². The number of amides is 3. The van der Waals surface area contributed by atoms with Crippen molar-refractivity contribution >= 4 is 51.6 Å². The number of hydrogen-bond donors (Lipinski definition) is 3. The van der Waals surface area contributed by atoms with Crippen LogP contribution in [0.25, 0.3) is 10.9 Å². The van der Waals surface area contributed by atoms with Crippen molar-refractivity contribution in [1.82, 2.24) is 9.88 Å². The summed E-state index contributed by atoms with van der Waals surface area (Å²) in [4.78, 5) is 41.3. The summed E-state index contributed by atoms with van der Waals surface area (Å²) in [6.07, 6.45) is 2.81. The van der Waals surface area contributed by atoms with E-state index in [1.165, 1.54) is 6.92 Å². The molecule has 1 aliphatic heterocycles. The topological polar surface area (TPSA) is 94.3 Å². The molecule has 1 atom stereocenters. The third kappa shape index (κ3) is 4.88. The van der Waals surface area contributed by atoms with Gasteiger partial charge in [-0.05, 0) is 48.4 Å². The Kier molecular flexibility index (Phi) is 5.95. The third-order valence-electron chi connectivity index (χ3n) is 5.42. The largest absolute Gasteiger partial charge is 0.361 e. The van der Waals surface area contributed by atoms with Gasteiger partial charge in [-0.2, -0.15) is 0 Å². The summed E-state index contributed by atoms with van der Waals surface area (Å²) in [6, 6.07) is 12.6. The van der Waals surface area contributed by atoms with Gasteiger partial charge in [0.15, 0.2) is 0 Å². The van der Waals surface area contributed by atoms with Crippen molar-refractivity contribution in [3.8, 4) is 0 Å². The van der Waals surface area contributed by atoms with Crippen molar-refractivity contribution in [3.05, 3.63) is 59.2 Å². The van der Waals surface area contributed by atoms with Gasteiger partial charge in [0, 0.05) is 59.9 Å². The molecule has 2 aromatic carbocycles. The lowest BCUT2D eigenvalue weighted by molar-refractivity contribution is -0.128. The molecule has 2 heterocycles. The predicted molar refractivity (Wildman–Crippen MR) is 121 cm³/mol. The number of nitrogens with zero attached hydrogens (tertiary/aromatic N) is 1. The quantitative estimate of drug-likeness (QED) is 0.546. The fraction of sp³-hybridized carbons (Fsp3) is 0.261. The molecule has 1 aliphatic rings. The maximum absolute atomic E-state index is 12.7. The van der Waals surface area contributed by atoms with Gasteiger partial charge in [0.1, 0.15) is 0 Å². The van der Waals surface area contributed by atoms with Crippen molar-refractivity contribution in [2.45, 2.75) is 19.8 Å². The highest BCUT2D eigenvalue weighted by Gasteiger charge is 2.34. The van der Waals surface area contributed by atoms with Crippen LogP contribution in [0.2, 0.25) is 5.02 Å². The highest BCUT2D eigenvalue weighted by Crippen LogP contribution is 2.25. The van der Waals surface area contributed by atoms with E-state index in [9.17, 15) is 14.4 Å². The second kappa shape index (κ2) is 8.81. The van der Waals surface area contributed by atoms with Gasteiger partial charge >= 0.3 is 0 Å². The van der Waals surface area contributed by atoms with Gasteiger partial charge in [-0.1, -0.05) is 17.7 Å². The molecule has 0 unspecified atom stereocenters. The molecule has 0 bridgehead atoms. The minimum absolute atomic E-state index is 0.0231. The van der Waals surface area contributed by atoms with Crippen LogP contribution in [0.1, 0.15) is 18.9 Å². The van der Waals surface area contributed by atoms with Crippen LogP contribution in [0.4, 0.5) is 11.4 Å². The van der Waals surface area contributed by atoms with E-state index < -0.39 is 5.92 Å². The van der Waals surface area contributed by atoms with Gasteiger partial charge in [0.05, 0.1) is 5.92 Å². The van der Waals surface area contributed by atoms with Crippen LogP contribution in [-0.4, -0.2) is 40.7 Å². The number of halogens is 1. The molecule has 4 rings (SSSR count). The normalized spacial score (nSPS) is 16.0. The lowest BCUT2D eigenvalue weighted by Gasteiger charge is -2.16. The van der Waals surface area contributed by atoms with Gasteiger partial charge < -0.3 is 20.5 Å². The molecule has 0 aliphatic carbocycles. The molecule has 1 fully saturated rings. The summed E-state index contributed by atoms with van der Waals surface area (Å²) in [5.41, 5.74) is 3.28. The number of hydrogen-bond acceptors (Lipinski definition) is 3. The zero-order valence-electron chi connectivity index (χ0n) is 17.1. The lowest BCUT2D eigenvalue weighted by atomic mass is 10.1. The van der Waals surface area contributed by atoms with Gasteiger partial charge in [-0.15, -0.1) is 0 Å². The molecule has 7 nitrogen and oxygen atoms in total. The SMILES string of the molecule is CC(=O)Nc1cccc(NC(=O)[C@H]2CC(=O)N(CCc3c[nH]c4ccc(Cl)cc34)C2)c1. The first-order chi connectivity index (χ1) is 14.9. The van der Waals surface area contributed by atoms with E-state index in [0.717, 1.165) is 16.5 Å². The number of nitrogens with one attached hydrogen (secondary N) is 3. The van der Waals surface area contributed by atoms with E-state index in [-0.39, 0.29) is 24.1 Å². The van der Waals surface area contributed by atoms with E-state index >= 15 is 0 Å². The number of anilines is 2. The molecule has 8 heteroatoms. The Hall–Kier alpha value is -3.32. The number of benzene rings is 2. The molecule has 3 N–H and O–H groups in total. The van der Waals surface area contributed by atoms with Crippen molar-refractivity contribution in [2.24, 2.45) is 5.92 Å². The summed E-state index contributed by atoms with van der Waals surface area (Å²) < 4.78 is 0. The zero-order chi connectivity index (χ0) is 22.0. The van der Waals surface area contributed by atoms with Crippen LogP contribution in [0.15, 0.2) is 48.7 Å². The van der Waals surface area contributed by atoms with Crippen LogP contribution in [0, 0.1) is 5.92 Å². The molecule has 1 aromatic heterocycles. The number of carbonyl (C=O) groups excluding carboxylic acids is 3. The van der Waals surface area contributed by atoms with Crippen LogP contribution < -0.4 is 10.6 Å². The Morgan fingerprint density at radius 3 is 2.71 bits per heavy atom. The Morgan fingerprint density at radius 2 is 1.94 bits per heavy atom. The smallest absolute Gasteiger partial charge is 0.229 e. The maximum atomic E-state index is 12.7. The molecule has 0 radical (unpaired) electrons. The Labute approximate surface area is 184 Å². The molecule has 3 amide bonds. The number of aromatic amines is 1.